The molecule has 0 aromatic heterocycles. The van der Waals surface area contributed by atoms with Crippen LogP contribution in [0.4, 0.5) is 5.69 Å². The Morgan fingerprint density at radius 2 is 1.81 bits per heavy atom. The van der Waals surface area contributed by atoms with Gasteiger partial charge in [0.2, 0.25) is 0 Å². The van der Waals surface area contributed by atoms with Gasteiger partial charge in [-0.1, -0.05) is 58.4 Å². The summed E-state index contributed by atoms with van der Waals surface area (Å²) in [6.07, 6.45) is 3.63. The minimum Gasteiger partial charge on any atom is -0.497 e. The number of rotatable bonds is 10. The topological polar surface area (TPSA) is 24.5 Å². The first-order valence-electron chi connectivity index (χ1n) is 11.3. The van der Waals surface area contributed by atoms with Crippen LogP contribution in [0.2, 0.25) is 0 Å². The number of ether oxygens (including phenoxy) is 1. The molecule has 4 rings (SSSR count). The minimum absolute atomic E-state index is 0.592. The first kappa shape index (κ1) is 23.2. The molecule has 32 heavy (non-hydrogen) atoms. The van der Waals surface area contributed by atoms with Gasteiger partial charge in [-0.05, 0) is 67.3 Å². The fraction of sp³-hybridized carbons (Fsp3) is 0.333. The third-order valence-electron chi connectivity index (χ3n) is 6.10. The van der Waals surface area contributed by atoms with Gasteiger partial charge < -0.3 is 10.1 Å². The summed E-state index contributed by atoms with van der Waals surface area (Å²) in [6, 6.07) is 26.2. The highest BCUT2D eigenvalue weighted by Gasteiger charge is 2.24. The van der Waals surface area contributed by atoms with E-state index in [0.717, 1.165) is 31.0 Å². The van der Waals surface area contributed by atoms with Crippen LogP contribution in [-0.4, -0.2) is 37.7 Å². The lowest BCUT2D eigenvalue weighted by Gasteiger charge is -2.25. The third-order valence-corrected chi connectivity index (χ3v) is 8.00. The SMILES string of the molecule is COc1ccc(CCN2CCC[C@H]2CNc2ccccc2SCc2ccccc2Br)cc1. The summed E-state index contributed by atoms with van der Waals surface area (Å²) >= 11 is 5.56. The van der Waals surface area contributed by atoms with E-state index in [2.05, 4.69) is 98.9 Å². The number of thioether (sulfide) groups is 1. The number of likely N-dealkylation sites (tertiary alicyclic amines) is 1. The second-order valence-electron chi connectivity index (χ2n) is 8.19. The Morgan fingerprint density at radius 1 is 1.03 bits per heavy atom. The normalized spacial score (nSPS) is 16.2. The monoisotopic (exact) mass is 510 g/mol. The summed E-state index contributed by atoms with van der Waals surface area (Å²) in [5.41, 5.74) is 3.94. The predicted octanol–water partition coefficient (Wildman–Crippen LogP) is 6.87. The zero-order valence-corrected chi connectivity index (χ0v) is 21.0. The van der Waals surface area contributed by atoms with Gasteiger partial charge in [-0.15, -0.1) is 11.8 Å². The lowest BCUT2D eigenvalue weighted by molar-refractivity contribution is 0.266. The van der Waals surface area contributed by atoms with Gasteiger partial charge >= 0.3 is 0 Å². The molecule has 168 valence electrons. The molecule has 1 fully saturated rings. The Morgan fingerprint density at radius 3 is 2.62 bits per heavy atom. The highest BCUT2D eigenvalue weighted by Crippen LogP contribution is 2.32. The number of methoxy groups -OCH3 is 1. The van der Waals surface area contributed by atoms with Crippen LogP contribution in [0, 0.1) is 0 Å². The molecular formula is C27H31BrN2OS. The maximum atomic E-state index is 5.27. The van der Waals surface area contributed by atoms with Crippen LogP contribution < -0.4 is 10.1 Å². The van der Waals surface area contributed by atoms with Crippen molar-refractivity contribution in [3.05, 3.63) is 88.4 Å². The highest BCUT2D eigenvalue weighted by molar-refractivity contribution is 9.10. The Hall–Kier alpha value is -1.95. The molecule has 3 aromatic carbocycles. The largest absolute Gasteiger partial charge is 0.497 e. The molecule has 3 aromatic rings. The van der Waals surface area contributed by atoms with Gasteiger partial charge in [0.25, 0.3) is 0 Å². The molecule has 1 aliphatic rings. The highest BCUT2D eigenvalue weighted by atomic mass is 79.9. The van der Waals surface area contributed by atoms with Crippen LogP contribution in [0.1, 0.15) is 24.0 Å². The number of halogens is 1. The second-order valence-corrected chi connectivity index (χ2v) is 10.1. The first-order chi connectivity index (χ1) is 15.7. The molecule has 0 saturated carbocycles. The molecule has 3 nitrogen and oxygen atoms in total. The van der Waals surface area contributed by atoms with E-state index in [-0.39, 0.29) is 0 Å². The number of benzene rings is 3. The van der Waals surface area contributed by atoms with Crippen molar-refractivity contribution in [2.75, 3.05) is 32.1 Å². The van der Waals surface area contributed by atoms with Crippen LogP contribution in [0.25, 0.3) is 0 Å². The van der Waals surface area contributed by atoms with Crippen molar-refractivity contribution in [2.45, 2.75) is 36.0 Å². The second kappa shape index (κ2) is 11.8. The Balaban J connectivity index is 1.31. The van der Waals surface area contributed by atoms with E-state index in [1.807, 2.05) is 11.8 Å². The number of hydrogen-bond donors (Lipinski definition) is 1. The van der Waals surface area contributed by atoms with Gasteiger partial charge in [0.15, 0.2) is 0 Å². The maximum Gasteiger partial charge on any atom is 0.118 e. The standard InChI is InChI=1S/C27H31BrN2OS/c1-31-24-14-12-21(13-15-24)16-18-30-17-6-8-23(30)19-29-26-10-4-5-11-27(26)32-20-22-7-2-3-9-25(22)28/h2-5,7,9-15,23,29H,6,8,16-20H2,1H3/t23-/m0/s1. The number of nitrogens with one attached hydrogen (secondary N) is 1. The van der Waals surface area contributed by atoms with Gasteiger partial charge in [0.1, 0.15) is 5.75 Å². The van der Waals surface area contributed by atoms with Gasteiger partial charge in [0.05, 0.1) is 7.11 Å². The predicted molar refractivity (Wildman–Crippen MR) is 140 cm³/mol. The molecule has 0 amide bonds. The van der Waals surface area contributed by atoms with E-state index < -0.39 is 0 Å². The van der Waals surface area contributed by atoms with Crippen molar-refractivity contribution in [3.8, 4) is 5.75 Å². The van der Waals surface area contributed by atoms with Gasteiger partial charge in [0, 0.05) is 39.9 Å². The zero-order valence-electron chi connectivity index (χ0n) is 18.6. The molecule has 1 aliphatic heterocycles. The van der Waals surface area contributed by atoms with Gasteiger partial charge in [-0.3, -0.25) is 4.90 Å². The van der Waals surface area contributed by atoms with Gasteiger partial charge in [-0.2, -0.15) is 0 Å². The van der Waals surface area contributed by atoms with Crippen molar-refractivity contribution in [1.29, 1.82) is 0 Å². The van der Waals surface area contributed by atoms with E-state index in [4.69, 9.17) is 4.74 Å². The van der Waals surface area contributed by atoms with Crippen molar-refractivity contribution < 1.29 is 4.74 Å². The summed E-state index contributed by atoms with van der Waals surface area (Å²) in [5.74, 6) is 1.88. The maximum absolute atomic E-state index is 5.27. The zero-order chi connectivity index (χ0) is 22.2. The molecule has 0 aliphatic carbocycles. The minimum atomic E-state index is 0.592. The van der Waals surface area contributed by atoms with Crippen LogP contribution in [-0.2, 0) is 12.2 Å². The summed E-state index contributed by atoms with van der Waals surface area (Å²) < 4.78 is 6.45. The molecule has 1 atom stereocenters. The van der Waals surface area contributed by atoms with E-state index in [1.54, 1.807) is 7.11 Å². The molecule has 1 heterocycles. The first-order valence-corrected chi connectivity index (χ1v) is 13.1. The van der Waals surface area contributed by atoms with E-state index >= 15 is 0 Å². The van der Waals surface area contributed by atoms with Crippen LogP contribution in [0.15, 0.2) is 82.2 Å². The van der Waals surface area contributed by atoms with E-state index in [1.165, 1.54) is 45.6 Å². The lowest BCUT2D eigenvalue weighted by Crippen LogP contribution is -2.36. The van der Waals surface area contributed by atoms with E-state index in [0.29, 0.717) is 6.04 Å². The van der Waals surface area contributed by atoms with E-state index in [9.17, 15) is 0 Å². The summed E-state index contributed by atoms with van der Waals surface area (Å²) in [5, 5.41) is 3.76. The number of nitrogens with zero attached hydrogens (tertiary/aromatic N) is 1. The molecule has 0 unspecified atom stereocenters. The lowest BCUT2D eigenvalue weighted by atomic mass is 10.1. The van der Waals surface area contributed by atoms with Crippen molar-refractivity contribution in [1.82, 2.24) is 4.90 Å². The molecule has 5 heteroatoms. The number of para-hydroxylation sites is 1. The number of hydrogen-bond acceptors (Lipinski definition) is 4. The summed E-state index contributed by atoms with van der Waals surface area (Å²) in [7, 11) is 1.72. The molecule has 0 radical (unpaired) electrons. The Bertz CT molecular complexity index is 995. The molecule has 1 saturated heterocycles. The average molecular weight is 512 g/mol. The fourth-order valence-electron chi connectivity index (χ4n) is 4.22. The molecule has 1 N–H and O–H groups in total. The molecule has 0 bridgehead atoms. The van der Waals surface area contributed by atoms with Crippen molar-refractivity contribution >= 4 is 33.4 Å². The average Bonchev–Trinajstić information content (AvgIpc) is 3.29. The van der Waals surface area contributed by atoms with Gasteiger partial charge in [-0.25, -0.2) is 0 Å². The fourth-order valence-corrected chi connectivity index (χ4v) is 5.87. The smallest absolute Gasteiger partial charge is 0.118 e. The quantitative estimate of drug-likeness (QED) is 0.300. The third kappa shape index (κ3) is 6.31. The van der Waals surface area contributed by atoms with Crippen LogP contribution in [0.3, 0.4) is 0 Å². The Kier molecular flexibility index (Phi) is 8.55. The summed E-state index contributed by atoms with van der Waals surface area (Å²) in [6.45, 7) is 3.30. The Labute approximate surface area is 204 Å². The summed E-state index contributed by atoms with van der Waals surface area (Å²) in [4.78, 5) is 3.96. The number of anilines is 1. The molecule has 0 spiro atoms. The van der Waals surface area contributed by atoms with Crippen LogP contribution in [0.5, 0.6) is 5.75 Å². The molecular weight excluding hydrogens is 480 g/mol. The van der Waals surface area contributed by atoms with Crippen LogP contribution >= 0.6 is 27.7 Å². The van der Waals surface area contributed by atoms with Crippen molar-refractivity contribution in [2.24, 2.45) is 0 Å². The van der Waals surface area contributed by atoms with Crippen molar-refractivity contribution in [3.63, 3.8) is 0 Å².